The molecule has 1 aromatic carbocycles. The number of nitrogens with zero attached hydrogens (tertiary/aromatic N) is 1. The van der Waals surface area contributed by atoms with Gasteiger partial charge in [-0.15, -0.1) is 0 Å². The molecular formula is C14H16ClNO4. The highest BCUT2D eigenvalue weighted by molar-refractivity contribution is 6.31. The van der Waals surface area contributed by atoms with E-state index < -0.39 is 12.0 Å². The number of hydrogen-bond acceptors (Lipinski definition) is 3. The van der Waals surface area contributed by atoms with Crippen LogP contribution in [-0.2, 0) is 9.59 Å². The molecule has 0 saturated carbocycles. The molecule has 0 aliphatic carbocycles. The summed E-state index contributed by atoms with van der Waals surface area (Å²) in [7, 11) is 0. The van der Waals surface area contributed by atoms with Gasteiger partial charge in [-0.25, -0.2) is 4.79 Å². The average Bonchev–Trinajstić information content (AvgIpc) is 2.89. The molecule has 0 unspecified atom stereocenters. The molecule has 1 fully saturated rings. The Labute approximate surface area is 122 Å². The van der Waals surface area contributed by atoms with Crippen LogP contribution in [0.15, 0.2) is 18.2 Å². The number of benzene rings is 1. The van der Waals surface area contributed by atoms with Crippen molar-refractivity contribution in [1.29, 1.82) is 0 Å². The number of halogens is 1. The second-order valence-corrected chi connectivity index (χ2v) is 5.19. The lowest BCUT2D eigenvalue weighted by atomic mass is 10.2. The van der Waals surface area contributed by atoms with Crippen molar-refractivity contribution in [3.8, 4) is 5.75 Å². The van der Waals surface area contributed by atoms with Gasteiger partial charge >= 0.3 is 5.97 Å². The number of carbonyl (C=O) groups excluding carboxylic acids is 1. The minimum atomic E-state index is -0.960. The van der Waals surface area contributed by atoms with E-state index in [0.717, 1.165) is 5.56 Å². The second-order valence-electron chi connectivity index (χ2n) is 4.78. The molecule has 1 N–H and O–H groups in total. The quantitative estimate of drug-likeness (QED) is 0.924. The maximum atomic E-state index is 12.0. The number of aryl methyl sites for hydroxylation is 1. The Morgan fingerprint density at radius 2 is 2.25 bits per heavy atom. The topological polar surface area (TPSA) is 66.8 Å². The van der Waals surface area contributed by atoms with Gasteiger partial charge in [-0.05, 0) is 43.5 Å². The van der Waals surface area contributed by atoms with E-state index >= 15 is 0 Å². The monoisotopic (exact) mass is 297 g/mol. The van der Waals surface area contributed by atoms with Gasteiger partial charge in [0, 0.05) is 11.6 Å². The fraction of sp³-hybridized carbons (Fsp3) is 0.429. The molecular weight excluding hydrogens is 282 g/mol. The standard InChI is InChI=1S/C14H16ClNO4/c1-9-7-10(4-5-11(9)15)20-8-13(17)16-6-2-3-12(16)14(18)19/h4-5,7,12H,2-3,6,8H2,1H3,(H,18,19)/t12-/m0/s1. The number of carbonyl (C=O) groups is 2. The van der Waals surface area contributed by atoms with Gasteiger partial charge in [0.1, 0.15) is 11.8 Å². The van der Waals surface area contributed by atoms with Crippen molar-refractivity contribution in [1.82, 2.24) is 4.90 Å². The summed E-state index contributed by atoms with van der Waals surface area (Å²) in [4.78, 5) is 24.4. The van der Waals surface area contributed by atoms with Crippen LogP contribution in [0.2, 0.25) is 5.02 Å². The highest BCUT2D eigenvalue weighted by Crippen LogP contribution is 2.22. The van der Waals surface area contributed by atoms with Gasteiger partial charge < -0.3 is 14.7 Å². The van der Waals surface area contributed by atoms with Gasteiger partial charge in [0.25, 0.3) is 5.91 Å². The summed E-state index contributed by atoms with van der Waals surface area (Å²) >= 11 is 5.90. The van der Waals surface area contributed by atoms with Crippen LogP contribution in [-0.4, -0.2) is 41.1 Å². The van der Waals surface area contributed by atoms with Crippen molar-refractivity contribution < 1.29 is 19.4 Å². The largest absolute Gasteiger partial charge is 0.484 e. The Hall–Kier alpha value is -1.75. The Morgan fingerprint density at radius 3 is 2.90 bits per heavy atom. The third-order valence-electron chi connectivity index (χ3n) is 3.35. The maximum absolute atomic E-state index is 12.0. The highest BCUT2D eigenvalue weighted by Gasteiger charge is 2.33. The summed E-state index contributed by atoms with van der Waals surface area (Å²) in [6.45, 7) is 2.15. The molecule has 0 spiro atoms. The minimum absolute atomic E-state index is 0.162. The lowest BCUT2D eigenvalue weighted by molar-refractivity contribution is -0.148. The Balaban J connectivity index is 1.94. The maximum Gasteiger partial charge on any atom is 0.326 e. The summed E-state index contributed by atoms with van der Waals surface area (Å²) in [6, 6.07) is 4.40. The molecule has 5 nitrogen and oxygen atoms in total. The van der Waals surface area contributed by atoms with E-state index in [9.17, 15) is 9.59 Å². The highest BCUT2D eigenvalue weighted by atomic mass is 35.5. The molecule has 1 aliphatic heterocycles. The van der Waals surface area contributed by atoms with Crippen LogP contribution in [0.25, 0.3) is 0 Å². The molecule has 1 amide bonds. The van der Waals surface area contributed by atoms with Crippen molar-refractivity contribution in [3.05, 3.63) is 28.8 Å². The summed E-state index contributed by atoms with van der Waals surface area (Å²) in [6.07, 6.45) is 1.21. The molecule has 0 aromatic heterocycles. The van der Waals surface area contributed by atoms with Gasteiger partial charge in [-0.3, -0.25) is 4.79 Å². The predicted molar refractivity (Wildman–Crippen MR) is 74.1 cm³/mol. The summed E-state index contributed by atoms with van der Waals surface area (Å²) in [5.41, 5.74) is 0.862. The SMILES string of the molecule is Cc1cc(OCC(=O)N2CCC[C@H]2C(=O)O)ccc1Cl. The van der Waals surface area contributed by atoms with E-state index in [0.29, 0.717) is 30.2 Å². The van der Waals surface area contributed by atoms with Crippen molar-refractivity contribution in [2.75, 3.05) is 13.2 Å². The van der Waals surface area contributed by atoms with Crippen LogP contribution in [0, 0.1) is 6.92 Å². The number of hydrogen-bond donors (Lipinski definition) is 1. The molecule has 1 saturated heterocycles. The Bertz CT molecular complexity index is 532. The molecule has 1 aromatic rings. The first kappa shape index (κ1) is 14.7. The lowest BCUT2D eigenvalue weighted by Gasteiger charge is -2.21. The molecule has 1 atom stereocenters. The van der Waals surface area contributed by atoms with E-state index in [1.807, 2.05) is 6.92 Å². The first-order valence-corrected chi connectivity index (χ1v) is 6.78. The van der Waals surface area contributed by atoms with Gasteiger partial charge in [-0.2, -0.15) is 0 Å². The number of amides is 1. The van der Waals surface area contributed by atoms with E-state index in [2.05, 4.69) is 0 Å². The normalized spacial score (nSPS) is 18.1. The first-order valence-electron chi connectivity index (χ1n) is 6.40. The smallest absolute Gasteiger partial charge is 0.326 e. The zero-order valence-corrected chi connectivity index (χ0v) is 11.9. The van der Waals surface area contributed by atoms with Gasteiger partial charge in [0.05, 0.1) is 0 Å². The van der Waals surface area contributed by atoms with Crippen LogP contribution in [0.1, 0.15) is 18.4 Å². The van der Waals surface area contributed by atoms with Crippen LogP contribution in [0.5, 0.6) is 5.75 Å². The second kappa shape index (κ2) is 6.13. The molecule has 108 valence electrons. The summed E-state index contributed by atoms with van der Waals surface area (Å²) in [5, 5.41) is 9.67. The van der Waals surface area contributed by atoms with Crippen molar-refractivity contribution in [2.24, 2.45) is 0 Å². The minimum Gasteiger partial charge on any atom is -0.484 e. The van der Waals surface area contributed by atoms with Gasteiger partial charge in [0.2, 0.25) is 0 Å². The van der Waals surface area contributed by atoms with Crippen molar-refractivity contribution >= 4 is 23.5 Å². The van der Waals surface area contributed by atoms with Crippen molar-refractivity contribution in [2.45, 2.75) is 25.8 Å². The predicted octanol–water partition coefficient (Wildman–Crippen LogP) is 2.10. The van der Waals surface area contributed by atoms with Crippen LogP contribution < -0.4 is 4.74 Å². The van der Waals surface area contributed by atoms with E-state index in [1.165, 1.54) is 4.90 Å². The third-order valence-corrected chi connectivity index (χ3v) is 3.77. The van der Waals surface area contributed by atoms with Crippen LogP contribution >= 0.6 is 11.6 Å². The van der Waals surface area contributed by atoms with Gasteiger partial charge in [0.15, 0.2) is 6.61 Å². The number of aliphatic carboxylic acids is 1. The summed E-state index contributed by atoms with van der Waals surface area (Å²) < 4.78 is 5.40. The number of carboxylic acid groups (broad SMARTS) is 1. The molecule has 2 rings (SSSR count). The van der Waals surface area contributed by atoms with Gasteiger partial charge in [-0.1, -0.05) is 11.6 Å². The first-order chi connectivity index (χ1) is 9.49. The number of likely N-dealkylation sites (tertiary alicyclic amines) is 1. The molecule has 1 heterocycles. The Kier molecular flexibility index (Phi) is 4.49. The number of carboxylic acids is 1. The van der Waals surface area contributed by atoms with E-state index in [1.54, 1.807) is 18.2 Å². The van der Waals surface area contributed by atoms with Crippen LogP contribution in [0.4, 0.5) is 0 Å². The zero-order chi connectivity index (χ0) is 14.7. The average molecular weight is 298 g/mol. The lowest BCUT2D eigenvalue weighted by Crippen LogP contribution is -2.42. The molecule has 0 radical (unpaired) electrons. The third kappa shape index (κ3) is 3.22. The molecule has 1 aliphatic rings. The number of ether oxygens (including phenoxy) is 1. The Morgan fingerprint density at radius 1 is 1.50 bits per heavy atom. The molecule has 20 heavy (non-hydrogen) atoms. The zero-order valence-electron chi connectivity index (χ0n) is 11.1. The van der Waals surface area contributed by atoms with Crippen LogP contribution in [0.3, 0.4) is 0 Å². The van der Waals surface area contributed by atoms with Crippen molar-refractivity contribution in [3.63, 3.8) is 0 Å². The van der Waals surface area contributed by atoms with E-state index in [4.69, 9.17) is 21.4 Å². The fourth-order valence-corrected chi connectivity index (χ4v) is 2.37. The number of rotatable bonds is 4. The summed E-state index contributed by atoms with van der Waals surface area (Å²) in [5.74, 6) is -0.716. The van der Waals surface area contributed by atoms with E-state index in [-0.39, 0.29) is 12.5 Å². The molecule has 0 bridgehead atoms. The fourth-order valence-electron chi connectivity index (χ4n) is 2.26. The molecule has 6 heteroatoms.